The Hall–Kier alpha value is -1.39. The van der Waals surface area contributed by atoms with E-state index in [1.165, 1.54) is 33.3 Å². The molecule has 110 valence electrons. The molecular formula is C17H21N3S. The molecule has 3 nitrogen and oxygen atoms in total. The van der Waals surface area contributed by atoms with Gasteiger partial charge in [0.25, 0.3) is 0 Å². The van der Waals surface area contributed by atoms with E-state index in [-0.39, 0.29) is 6.04 Å². The highest BCUT2D eigenvalue weighted by atomic mass is 32.1. The highest BCUT2D eigenvalue weighted by Crippen LogP contribution is 2.36. The zero-order valence-electron chi connectivity index (χ0n) is 12.2. The monoisotopic (exact) mass is 299 g/mol. The average molecular weight is 299 g/mol. The summed E-state index contributed by atoms with van der Waals surface area (Å²) in [4.78, 5) is 8.68. The Morgan fingerprint density at radius 2 is 1.81 bits per heavy atom. The second-order valence-electron chi connectivity index (χ2n) is 6.06. The molecule has 2 aromatic rings. The second kappa shape index (κ2) is 5.43. The van der Waals surface area contributed by atoms with E-state index < -0.39 is 0 Å². The summed E-state index contributed by atoms with van der Waals surface area (Å²) in [5.41, 5.74) is 10.5. The molecule has 1 aliphatic carbocycles. The lowest BCUT2D eigenvalue weighted by molar-refractivity contribution is 0.573. The van der Waals surface area contributed by atoms with Gasteiger partial charge in [0.05, 0.1) is 5.69 Å². The molecule has 4 heteroatoms. The molecule has 2 N–H and O–H groups in total. The first-order chi connectivity index (χ1) is 10.3. The second-order valence-corrected chi connectivity index (χ2v) is 7.07. The molecule has 1 aromatic carbocycles. The highest BCUT2D eigenvalue weighted by Gasteiger charge is 2.24. The van der Waals surface area contributed by atoms with E-state index in [2.05, 4.69) is 29.2 Å². The van der Waals surface area contributed by atoms with Crippen LogP contribution in [0.15, 0.2) is 24.3 Å². The summed E-state index contributed by atoms with van der Waals surface area (Å²) in [7, 11) is 0. The fourth-order valence-corrected chi connectivity index (χ4v) is 4.63. The third-order valence-corrected chi connectivity index (χ3v) is 5.96. The Morgan fingerprint density at radius 1 is 1.10 bits per heavy atom. The Kier molecular flexibility index (Phi) is 3.43. The van der Waals surface area contributed by atoms with Gasteiger partial charge in [0.1, 0.15) is 0 Å². The van der Waals surface area contributed by atoms with Gasteiger partial charge in [-0.15, -0.1) is 0 Å². The molecule has 2 heterocycles. The third-order valence-electron chi connectivity index (χ3n) is 4.67. The van der Waals surface area contributed by atoms with Gasteiger partial charge in [-0.05, 0) is 43.2 Å². The van der Waals surface area contributed by atoms with Gasteiger partial charge >= 0.3 is 0 Å². The van der Waals surface area contributed by atoms with Gasteiger partial charge in [-0.3, -0.25) is 0 Å². The van der Waals surface area contributed by atoms with Gasteiger partial charge in [-0.1, -0.05) is 35.6 Å². The van der Waals surface area contributed by atoms with Crippen molar-refractivity contribution in [1.82, 2.24) is 4.98 Å². The predicted octanol–water partition coefficient (Wildman–Crippen LogP) is 3.08. The molecule has 1 aromatic heterocycles. The zero-order chi connectivity index (χ0) is 14.2. The van der Waals surface area contributed by atoms with Gasteiger partial charge in [-0.2, -0.15) is 0 Å². The summed E-state index contributed by atoms with van der Waals surface area (Å²) in [6.07, 6.45) is 5.63. The van der Waals surface area contributed by atoms with Crippen molar-refractivity contribution in [2.75, 3.05) is 18.0 Å². The summed E-state index contributed by atoms with van der Waals surface area (Å²) in [6.45, 7) is 2.14. The molecule has 0 saturated heterocycles. The molecule has 2 aliphatic rings. The maximum absolute atomic E-state index is 6.24. The average Bonchev–Trinajstić information content (AvgIpc) is 2.82. The van der Waals surface area contributed by atoms with Crippen LogP contribution < -0.4 is 10.6 Å². The van der Waals surface area contributed by atoms with E-state index in [1.807, 2.05) is 11.3 Å². The van der Waals surface area contributed by atoms with Crippen LogP contribution in [-0.4, -0.2) is 18.1 Å². The predicted molar refractivity (Wildman–Crippen MR) is 88.0 cm³/mol. The van der Waals surface area contributed by atoms with E-state index >= 15 is 0 Å². The number of benzene rings is 1. The van der Waals surface area contributed by atoms with Crippen molar-refractivity contribution in [3.05, 3.63) is 46.0 Å². The van der Waals surface area contributed by atoms with Gasteiger partial charge in [0.15, 0.2) is 5.13 Å². The first-order valence-electron chi connectivity index (χ1n) is 7.88. The number of hydrogen-bond acceptors (Lipinski definition) is 4. The molecule has 0 saturated carbocycles. The Labute approximate surface area is 129 Å². The first-order valence-corrected chi connectivity index (χ1v) is 8.70. The first kappa shape index (κ1) is 13.3. The number of aryl methyl sites for hydroxylation is 1. The van der Waals surface area contributed by atoms with Crippen LogP contribution in [0.25, 0.3) is 0 Å². The number of anilines is 1. The number of aromatic nitrogens is 1. The zero-order valence-corrected chi connectivity index (χ0v) is 13.0. The Bertz CT molecular complexity index is 622. The largest absolute Gasteiger partial charge is 0.347 e. The van der Waals surface area contributed by atoms with E-state index in [0.29, 0.717) is 0 Å². The van der Waals surface area contributed by atoms with Crippen LogP contribution in [0.3, 0.4) is 0 Å². The molecule has 0 amide bonds. The minimum atomic E-state index is 0.212. The van der Waals surface area contributed by atoms with Crippen molar-refractivity contribution >= 4 is 16.5 Å². The lowest BCUT2D eigenvalue weighted by Gasteiger charge is -2.18. The minimum absolute atomic E-state index is 0.212. The van der Waals surface area contributed by atoms with E-state index in [9.17, 15) is 0 Å². The SMILES string of the molecule is NC1CCCc2nc(N3CCc4ccccc4CC3)sc21. The summed E-state index contributed by atoms with van der Waals surface area (Å²) in [5, 5.41) is 1.19. The molecule has 0 radical (unpaired) electrons. The highest BCUT2D eigenvalue weighted by molar-refractivity contribution is 7.15. The summed E-state index contributed by atoms with van der Waals surface area (Å²) < 4.78 is 0. The van der Waals surface area contributed by atoms with Crippen molar-refractivity contribution in [1.29, 1.82) is 0 Å². The van der Waals surface area contributed by atoms with Crippen LogP contribution in [-0.2, 0) is 19.3 Å². The molecule has 21 heavy (non-hydrogen) atoms. The van der Waals surface area contributed by atoms with Gasteiger partial charge in [0, 0.05) is 24.0 Å². The smallest absolute Gasteiger partial charge is 0.185 e. The van der Waals surface area contributed by atoms with E-state index in [4.69, 9.17) is 10.7 Å². The fourth-order valence-electron chi connectivity index (χ4n) is 3.43. The van der Waals surface area contributed by atoms with Crippen molar-refractivity contribution in [3.63, 3.8) is 0 Å². The van der Waals surface area contributed by atoms with Crippen LogP contribution in [0.1, 0.15) is 40.6 Å². The van der Waals surface area contributed by atoms with Crippen LogP contribution in [0.2, 0.25) is 0 Å². The van der Waals surface area contributed by atoms with Crippen LogP contribution in [0, 0.1) is 0 Å². The van der Waals surface area contributed by atoms with Crippen LogP contribution in [0.4, 0.5) is 5.13 Å². The molecule has 1 aliphatic heterocycles. The summed E-state index contributed by atoms with van der Waals surface area (Å²) >= 11 is 1.83. The fraction of sp³-hybridized carbons (Fsp3) is 0.471. The number of fused-ring (bicyclic) bond motifs is 2. The van der Waals surface area contributed by atoms with Gasteiger partial charge in [-0.25, -0.2) is 4.98 Å². The number of hydrogen-bond donors (Lipinski definition) is 1. The molecule has 4 rings (SSSR count). The Balaban J connectivity index is 1.58. The van der Waals surface area contributed by atoms with E-state index in [1.54, 1.807) is 0 Å². The normalized spacial score (nSPS) is 21.6. The maximum Gasteiger partial charge on any atom is 0.185 e. The lowest BCUT2D eigenvalue weighted by Crippen LogP contribution is -2.25. The molecule has 0 fully saturated rings. The van der Waals surface area contributed by atoms with Crippen molar-refractivity contribution in [2.24, 2.45) is 5.73 Å². The van der Waals surface area contributed by atoms with Crippen molar-refractivity contribution in [3.8, 4) is 0 Å². The standard InChI is InChI=1S/C17H21N3S/c18-14-6-3-7-15-16(14)21-17(19-15)20-10-8-12-4-1-2-5-13(12)9-11-20/h1-2,4-5,14H,3,6-11,18H2. The van der Waals surface area contributed by atoms with Crippen LogP contribution in [0.5, 0.6) is 0 Å². The van der Waals surface area contributed by atoms with E-state index in [0.717, 1.165) is 38.8 Å². The maximum atomic E-state index is 6.24. The van der Waals surface area contributed by atoms with Crippen molar-refractivity contribution in [2.45, 2.75) is 38.1 Å². The Morgan fingerprint density at radius 3 is 2.48 bits per heavy atom. The van der Waals surface area contributed by atoms with Gasteiger partial charge in [0.2, 0.25) is 0 Å². The van der Waals surface area contributed by atoms with Gasteiger partial charge < -0.3 is 10.6 Å². The molecular weight excluding hydrogens is 278 g/mol. The minimum Gasteiger partial charge on any atom is -0.347 e. The topological polar surface area (TPSA) is 42.1 Å². The molecule has 0 spiro atoms. The molecule has 0 bridgehead atoms. The number of thiazole rings is 1. The molecule has 1 unspecified atom stereocenters. The third kappa shape index (κ3) is 2.47. The summed E-state index contributed by atoms with van der Waals surface area (Å²) in [5.74, 6) is 0. The quantitative estimate of drug-likeness (QED) is 0.880. The van der Waals surface area contributed by atoms with Crippen molar-refractivity contribution < 1.29 is 0 Å². The number of rotatable bonds is 1. The lowest BCUT2D eigenvalue weighted by atomic mass is 9.99. The number of nitrogens with zero attached hydrogens (tertiary/aromatic N) is 2. The van der Waals surface area contributed by atoms with Crippen LogP contribution >= 0.6 is 11.3 Å². The summed E-state index contributed by atoms with van der Waals surface area (Å²) in [6, 6.07) is 9.04. The number of nitrogens with two attached hydrogens (primary N) is 1. The molecule has 1 atom stereocenters.